The largest absolute Gasteiger partial charge is 0.363 e. The fourth-order valence-corrected chi connectivity index (χ4v) is 4.39. The molecule has 0 aliphatic carbocycles. The number of anilines is 1. The molecule has 0 spiro atoms. The first-order valence-electron chi connectivity index (χ1n) is 9.20. The Morgan fingerprint density at radius 1 is 1.11 bits per heavy atom. The predicted octanol–water partition coefficient (Wildman–Crippen LogP) is 3.65. The number of carbonyl (C=O) groups is 1. The molecule has 0 fully saturated rings. The number of benzene rings is 2. The minimum atomic E-state index is -3.82. The van der Waals surface area contributed by atoms with E-state index in [9.17, 15) is 13.2 Å². The molecule has 2 aromatic carbocycles. The zero-order valence-electron chi connectivity index (χ0n) is 15.7. The minimum absolute atomic E-state index is 0.178. The van der Waals surface area contributed by atoms with Crippen molar-refractivity contribution in [2.45, 2.75) is 31.1 Å². The Morgan fingerprint density at radius 3 is 2.61 bits per heavy atom. The van der Waals surface area contributed by atoms with Gasteiger partial charge in [-0.2, -0.15) is 4.31 Å². The van der Waals surface area contributed by atoms with Crippen molar-refractivity contribution in [1.29, 1.82) is 0 Å². The van der Waals surface area contributed by atoms with Crippen molar-refractivity contribution in [3.8, 4) is 0 Å². The fourth-order valence-electron chi connectivity index (χ4n) is 2.92. The second-order valence-electron chi connectivity index (χ2n) is 6.49. The standard InChI is InChI=1S/C20H23N3O4S/c1-2-3-6-12-23(15-20(24)21-19-11-13-27-22-19)28(25,26)18-10-9-16-7-4-5-8-17(16)14-18/h4-5,7-11,13-14H,2-3,6,12,15H2,1H3,(H,21,22,24). The number of aromatic nitrogens is 1. The fraction of sp³-hybridized carbons (Fsp3) is 0.300. The summed E-state index contributed by atoms with van der Waals surface area (Å²) >= 11 is 0. The number of amides is 1. The molecule has 0 saturated carbocycles. The van der Waals surface area contributed by atoms with Crippen LogP contribution in [0.3, 0.4) is 0 Å². The molecule has 8 heteroatoms. The van der Waals surface area contributed by atoms with Crippen LogP contribution in [0.5, 0.6) is 0 Å². The second-order valence-corrected chi connectivity index (χ2v) is 8.43. The van der Waals surface area contributed by atoms with E-state index >= 15 is 0 Å². The van der Waals surface area contributed by atoms with Gasteiger partial charge in [-0.15, -0.1) is 0 Å². The molecule has 0 unspecified atom stereocenters. The first kappa shape index (κ1) is 20.0. The van der Waals surface area contributed by atoms with Gasteiger partial charge in [-0.1, -0.05) is 55.3 Å². The highest BCUT2D eigenvalue weighted by Gasteiger charge is 2.26. The van der Waals surface area contributed by atoms with E-state index in [-0.39, 0.29) is 23.8 Å². The van der Waals surface area contributed by atoms with Crippen LogP contribution in [0.15, 0.2) is 64.2 Å². The molecule has 0 atom stereocenters. The molecule has 1 amide bonds. The van der Waals surface area contributed by atoms with E-state index in [0.717, 1.165) is 23.6 Å². The van der Waals surface area contributed by atoms with Gasteiger partial charge in [0.1, 0.15) is 6.26 Å². The van der Waals surface area contributed by atoms with Crippen LogP contribution in [0.4, 0.5) is 5.82 Å². The predicted molar refractivity (Wildman–Crippen MR) is 107 cm³/mol. The summed E-state index contributed by atoms with van der Waals surface area (Å²) in [7, 11) is -3.82. The van der Waals surface area contributed by atoms with Crippen LogP contribution in [-0.2, 0) is 14.8 Å². The number of carbonyl (C=O) groups excluding carboxylic acids is 1. The highest BCUT2D eigenvalue weighted by atomic mass is 32.2. The quantitative estimate of drug-likeness (QED) is 0.553. The Bertz CT molecular complexity index is 1030. The number of sulfonamides is 1. The summed E-state index contributed by atoms with van der Waals surface area (Å²) in [5, 5.41) is 7.96. The molecule has 1 aromatic heterocycles. The third-order valence-electron chi connectivity index (χ3n) is 4.40. The summed E-state index contributed by atoms with van der Waals surface area (Å²) in [5.74, 6) is -0.212. The lowest BCUT2D eigenvalue weighted by Gasteiger charge is -2.21. The molecular formula is C20H23N3O4S. The SMILES string of the molecule is CCCCCN(CC(=O)Nc1ccon1)S(=O)(=O)c1ccc2ccccc2c1. The molecule has 0 aliphatic rings. The van der Waals surface area contributed by atoms with Gasteiger partial charge in [0.05, 0.1) is 11.4 Å². The van der Waals surface area contributed by atoms with Crippen LogP contribution in [-0.4, -0.2) is 36.9 Å². The summed E-state index contributed by atoms with van der Waals surface area (Å²) in [6.45, 7) is 2.03. The Kier molecular flexibility index (Phi) is 6.43. The van der Waals surface area contributed by atoms with E-state index in [2.05, 4.69) is 15.0 Å². The van der Waals surface area contributed by atoms with Crippen molar-refractivity contribution in [3.05, 3.63) is 54.8 Å². The van der Waals surface area contributed by atoms with Gasteiger partial charge in [0.2, 0.25) is 15.9 Å². The van der Waals surface area contributed by atoms with E-state index < -0.39 is 15.9 Å². The van der Waals surface area contributed by atoms with Crippen molar-refractivity contribution in [1.82, 2.24) is 9.46 Å². The number of hydrogen-bond donors (Lipinski definition) is 1. The summed E-state index contributed by atoms with van der Waals surface area (Å²) in [6, 6.07) is 14.1. The van der Waals surface area contributed by atoms with Crippen LogP contribution in [0.2, 0.25) is 0 Å². The Balaban J connectivity index is 1.84. The average Bonchev–Trinajstić information content (AvgIpc) is 3.19. The molecule has 3 aromatic rings. The first-order chi connectivity index (χ1) is 13.5. The zero-order chi connectivity index (χ0) is 20.0. The van der Waals surface area contributed by atoms with E-state index in [1.807, 2.05) is 31.2 Å². The Morgan fingerprint density at radius 2 is 1.89 bits per heavy atom. The van der Waals surface area contributed by atoms with Crippen LogP contribution in [0, 0.1) is 0 Å². The summed E-state index contributed by atoms with van der Waals surface area (Å²) < 4.78 is 32.3. The normalized spacial score (nSPS) is 11.8. The van der Waals surface area contributed by atoms with Crippen LogP contribution < -0.4 is 5.32 Å². The molecular weight excluding hydrogens is 378 g/mol. The van der Waals surface area contributed by atoms with Gasteiger partial charge in [0, 0.05) is 12.6 Å². The maximum Gasteiger partial charge on any atom is 0.243 e. The van der Waals surface area contributed by atoms with Gasteiger partial charge < -0.3 is 9.84 Å². The highest BCUT2D eigenvalue weighted by Crippen LogP contribution is 2.22. The number of nitrogens with one attached hydrogen (secondary N) is 1. The van der Waals surface area contributed by atoms with E-state index in [4.69, 9.17) is 0 Å². The number of hydrogen-bond acceptors (Lipinski definition) is 5. The van der Waals surface area contributed by atoms with Crippen LogP contribution >= 0.6 is 0 Å². The molecule has 0 bridgehead atoms. The summed E-state index contributed by atoms with van der Waals surface area (Å²) in [5.41, 5.74) is 0. The number of nitrogens with zero attached hydrogens (tertiary/aromatic N) is 2. The molecule has 0 aliphatic heterocycles. The topological polar surface area (TPSA) is 92.5 Å². The smallest absolute Gasteiger partial charge is 0.243 e. The maximum absolute atomic E-state index is 13.2. The average molecular weight is 401 g/mol. The van der Waals surface area contributed by atoms with E-state index in [1.165, 1.54) is 16.6 Å². The Labute approximate surface area is 164 Å². The maximum atomic E-state index is 13.2. The molecule has 1 heterocycles. The highest BCUT2D eigenvalue weighted by molar-refractivity contribution is 7.89. The molecule has 3 rings (SSSR count). The van der Waals surface area contributed by atoms with Gasteiger partial charge in [-0.3, -0.25) is 4.79 Å². The van der Waals surface area contributed by atoms with Gasteiger partial charge in [-0.25, -0.2) is 8.42 Å². The third kappa shape index (κ3) is 4.76. The molecule has 0 saturated heterocycles. The van der Waals surface area contributed by atoms with Gasteiger partial charge >= 0.3 is 0 Å². The van der Waals surface area contributed by atoms with Gasteiger partial charge in [0.25, 0.3) is 0 Å². The lowest BCUT2D eigenvalue weighted by atomic mass is 10.1. The molecule has 28 heavy (non-hydrogen) atoms. The summed E-state index contributed by atoms with van der Waals surface area (Å²) in [6.07, 6.45) is 3.85. The molecule has 7 nitrogen and oxygen atoms in total. The van der Waals surface area contributed by atoms with E-state index in [0.29, 0.717) is 6.42 Å². The van der Waals surface area contributed by atoms with Crippen molar-refractivity contribution in [3.63, 3.8) is 0 Å². The number of rotatable bonds is 9. The van der Waals surface area contributed by atoms with Crippen molar-refractivity contribution < 1.29 is 17.7 Å². The van der Waals surface area contributed by atoms with Crippen molar-refractivity contribution in [2.75, 3.05) is 18.4 Å². The van der Waals surface area contributed by atoms with Crippen molar-refractivity contribution in [2.24, 2.45) is 0 Å². The second kappa shape index (κ2) is 8.99. The van der Waals surface area contributed by atoms with Gasteiger partial charge in [-0.05, 0) is 29.3 Å². The van der Waals surface area contributed by atoms with E-state index in [1.54, 1.807) is 18.2 Å². The number of fused-ring (bicyclic) bond motifs is 1. The number of unbranched alkanes of at least 4 members (excludes halogenated alkanes) is 2. The van der Waals surface area contributed by atoms with Crippen molar-refractivity contribution >= 4 is 32.5 Å². The zero-order valence-corrected chi connectivity index (χ0v) is 16.5. The van der Waals surface area contributed by atoms with Crippen LogP contribution in [0.1, 0.15) is 26.2 Å². The first-order valence-corrected chi connectivity index (χ1v) is 10.6. The minimum Gasteiger partial charge on any atom is -0.363 e. The molecule has 0 radical (unpaired) electrons. The molecule has 1 N–H and O–H groups in total. The third-order valence-corrected chi connectivity index (χ3v) is 6.24. The van der Waals surface area contributed by atoms with Crippen LogP contribution in [0.25, 0.3) is 10.8 Å². The Hall–Kier alpha value is -2.71. The molecule has 148 valence electrons. The summed E-state index contributed by atoms with van der Waals surface area (Å²) in [4.78, 5) is 12.5. The lowest BCUT2D eigenvalue weighted by Crippen LogP contribution is -2.38. The van der Waals surface area contributed by atoms with Gasteiger partial charge in [0.15, 0.2) is 5.82 Å². The monoisotopic (exact) mass is 401 g/mol. The lowest BCUT2D eigenvalue weighted by molar-refractivity contribution is -0.116.